The number of carbonyl (C=O) groups is 2. The van der Waals surface area contributed by atoms with Crippen LogP contribution < -0.4 is 15.4 Å². The molecular weight excluding hydrogens is 454 g/mol. The number of terminal acetylenes is 1. The lowest BCUT2D eigenvalue weighted by Gasteiger charge is -2.29. The molecule has 2 amide bonds. The van der Waals surface area contributed by atoms with E-state index in [-0.39, 0.29) is 11.5 Å². The first-order valence-electron chi connectivity index (χ1n) is 11.7. The summed E-state index contributed by atoms with van der Waals surface area (Å²) in [7, 11) is 1.50. The number of aromatic nitrogens is 1. The van der Waals surface area contributed by atoms with E-state index in [4.69, 9.17) is 16.6 Å². The molecule has 0 saturated carbocycles. The summed E-state index contributed by atoms with van der Waals surface area (Å²) in [4.78, 5) is 32.2. The van der Waals surface area contributed by atoms with Crippen LogP contribution in [0.15, 0.2) is 60.8 Å². The van der Waals surface area contributed by atoms with Gasteiger partial charge in [-0.05, 0) is 61.7 Å². The summed E-state index contributed by atoms with van der Waals surface area (Å²) >= 11 is 0. The molecule has 3 aromatic rings. The number of hydrogen-bond donors (Lipinski definition) is 3. The molecule has 1 aromatic heterocycles. The van der Waals surface area contributed by atoms with Gasteiger partial charge >= 0.3 is 0 Å². The fourth-order valence-corrected chi connectivity index (χ4v) is 3.96. The van der Waals surface area contributed by atoms with Crippen LogP contribution in [0.2, 0.25) is 0 Å². The molecular formula is C28H27N5O3. The number of methoxy groups -OCH3 is 1. The van der Waals surface area contributed by atoms with Gasteiger partial charge in [-0.2, -0.15) is 0 Å². The quantitative estimate of drug-likeness (QED) is 0.275. The Morgan fingerprint density at radius 2 is 1.69 bits per heavy atom. The number of ether oxygens (including phenoxy) is 1. The number of benzene rings is 2. The van der Waals surface area contributed by atoms with Gasteiger partial charge in [-0.3, -0.25) is 15.0 Å². The molecule has 182 valence electrons. The molecule has 0 unspecified atom stereocenters. The average molecular weight is 482 g/mol. The second-order valence-corrected chi connectivity index (χ2v) is 8.37. The van der Waals surface area contributed by atoms with Crippen LogP contribution in [-0.4, -0.2) is 47.7 Å². The van der Waals surface area contributed by atoms with E-state index < -0.39 is 5.91 Å². The molecule has 1 aliphatic heterocycles. The molecule has 36 heavy (non-hydrogen) atoms. The van der Waals surface area contributed by atoms with Crippen molar-refractivity contribution < 1.29 is 14.3 Å². The van der Waals surface area contributed by atoms with Gasteiger partial charge in [0.25, 0.3) is 11.8 Å². The minimum absolute atomic E-state index is 0.217. The van der Waals surface area contributed by atoms with Crippen LogP contribution in [0.25, 0.3) is 0 Å². The van der Waals surface area contributed by atoms with E-state index in [0.29, 0.717) is 34.2 Å². The Hall–Kier alpha value is -4.64. The van der Waals surface area contributed by atoms with E-state index in [2.05, 4.69) is 26.4 Å². The Labute approximate surface area is 210 Å². The minimum Gasteiger partial charge on any atom is -0.497 e. The number of hydrogen-bond acceptors (Lipinski definition) is 5. The zero-order valence-electron chi connectivity index (χ0n) is 20.0. The molecule has 2 aromatic carbocycles. The molecule has 8 nitrogen and oxygen atoms in total. The zero-order chi connectivity index (χ0) is 25.5. The van der Waals surface area contributed by atoms with Crippen LogP contribution in [-0.2, 0) is 0 Å². The van der Waals surface area contributed by atoms with Crippen molar-refractivity contribution in [2.75, 3.05) is 30.8 Å². The highest BCUT2D eigenvalue weighted by Crippen LogP contribution is 2.24. The van der Waals surface area contributed by atoms with Gasteiger partial charge in [-0.1, -0.05) is 18.1 Å². The summed E-state index contributed by atoms with van der Waals surface area (Å²) in [6.07, 6.45) is 10.2. The highest BCUT2D eigenvalue weighted by atomic mass is 16.5. The van der Waals surface area contributed by atoms with E-state index in [1.54, 1.807) is 54.6 Å². The van der Waals surface area contributed by atoms with Crippen molar-refractivity contribution in [1.29, 1.82) is 5.41 Å². The monoisotopic (exact) mass is 481 g/mol. The van der Waals surface area contributed by atoms with Gasteiger partial charge in [-0.25, -0.2) is 4.98 Å². The summed E-state index contributed by atoms with van der Waals surface area (Å²) < 4.78 is 5.26. The number of pyridine rings is 1. The molecule has 1 saturated heterocycles. The first-order valence-corrected chi connectivity index (χ1v) is 11.7. The normalized spacial score (nSPS) is 12.8. The van der Waals surface area contributed by atoms with E-state index in [1.807, 2.05) is 0 Å². The van der Waals surface area contributed by atoms with E-state index in [1.165, 1.54) is 19.7 Å². The van der Waals surface area contributed by atoms with Crippen LogP contribution in [0.5, 0.6) is 5.75 Å². The lowest BCUT2D eigenvalue weighted by molar-refractivity contribution is 0.102. The number of likely N-dealkylation sites (tertiary alicyclic amines) is 1. The molecule has 4 rings (SSSR count). The Bertz CT molecular complexity index is 1300. The van der Waals surface area contributed by atoms with Crippen LogP contribution in [0.4, 0.5) is 11.5 Å². The molecule has 3 N–H and O–H groups in total. The highest BCUT2D eigenvalue weighted by molar-refractivity contribution is 6.12. The minimum atomic E-state index is -0.463. The van der Waals surface area contributed by atoms with Gasteiger partial charge in [0.15, 0.2) is 0 Å². The maximum absolute atomic E-state index is 13.0. The van der Waals surface area contributed by atoms with Crippen molar-refractivity contribution in [3.8, 4) is 18.1 Å². The number of nitrogens with zero attached hydrogens (tertiary/aromatic N) is 2. The average Bonchev–Trinajstić information content (AvgIpc) is 2.93. The SMILES string of the molecule is C#Cc1ccc(NC(=O)c2cc(OC)ccc2NC(=O)c2ccc(C(=N)N3CCCCC3)cc2)nc1. The Balaban J connectivity index is 1.49. The van der Waals surface area contributed by atoms with Gasteiger partial charge in [0.05, 0.1) is 18.4 Å². The van der Waals surface area contributed by atoms with Gasteiger partial charge in [-0.15, -0.1) is 6.42 Å². The summed E-state index contributed by atoms with van der Waals surface area (Å²) in [6.45, 7) is 1.76. The van der Waals surface area contributed by atoms with Gasteiger partial charge in [0.2, 0.25) is 0 Å². The number of anilines is 2. The highest BCUT2D eigenvalue weighted by Gasteiger charge is 2.18. The molecule has 0 radical (unpaired) electrons. The lowest BCUT2D eigenvalue weighted by atomic mass is 10.1. The summed E-state index contributed by atoms with van der Waals surface area (Å²) in [5.74, 6) is 2.90. The van der Waals surface area contributed by atoms with Crippen LogP contribution >= 0.6 is 0 Å². The molecule has 2 heterocycles. The third-order valence-electron chi connectivity index (χ3n) is 5.98. The van der Waals surface area contributed by atoms with Gasteiger partial charge in [0, 0.05) is 36.0 Å². The summed E-state index contributed by atoms with van der Waals surface area (Å²) in [5, 5.41) is 14.0. The summed E-state index contributed by atoms with van der Waals surface area (Å²) in [6, 6.07) is 15.0. The third kappa shape index (κ3) is 5.70. The predicted octanol–water partition coefficient (Wildman–Crippen LogP) is 4.39. The zero-order valence-corrected chi connectivity index (χ0v) is 20.0. The number of nitrogens with one attached hydrogen (secondary N) is 3. The van der Waals surface area contributed by atoms with Gasteiger partial charge in [0.1, 0.15) is 17.4 Å². The third-order valence-corrected chi connectivity index (χ3v) is 5.98. The second kappa shape index (κ2) is 11.2. The van der Waals surface area contributed by atoms with E-state index in [9.17, 15) is 9.59 Å². The lowest BCUT2D eigenvalue weighted by Crippen LogP contribution is -2.35. The van der Waals surface area contributed by atoms with Crippen molar-refractivity contribution in [2.24, 2.45) is 0 Å². The predicted molar refractivity (Wildman–Crippen MR) is 140 cm³/mol. The second-order valence-electron chi connectivity index (χ2n) is 8.37. The Morgan fingerprint density at radius 3 is 2.33 bits per heavy atom. The van der Waals surface area contributed by atoms with Crippen molar-refractivity contribution >= 4 is 29.2 Å². The fourth-order valence-electron chi connectivity index (χ4n) is 3.96. The van der Waals surface area contributed by atoms with Gasteiger partial charge < -0.3 is 20.3 Å². The molecule has 0 aliphatic carbocycles. The van der Waals surface area contributed by atoms with Crippen molar-refractivity contribution in [3.05, 3.63) is 83.0 Å². The first-order chi connectivity index (χ1) is 17.5. The smallest absolute Gasteiger partial charge is 0.259 e. The summed E-state index contributed by atoms with van der Waals surface area (Å²) in [5.41, 5.74) is 2.32. The Kier molecular flexibility index (Phi) is 7.61. The molecule has 1 fully saturated rings. The number of piperidine rings is 1. The topological polar surface area (TPSA) is 107 Å². The number of amides is 2. The molecule has 0 spiro atoms. The molecule has 0 bridgehead atoms. The van der Waals surface area contributed by atoms with Crippen LogP contribution in [0.1, 0.15) is 51.1 Å². The number of amidine groups is 1. The van der Waals surface area contributed by atoms with E-state index in [0.717, 1.165) is 31.5 Å². The molecule has 0 atom stereocenters. The van der Waals surface area contributed by atoms with Crippen LogP contribution in [0.3, 0.4) is 0 Å². The fraction of sp³-hybridized carbons (Fsp3) is 0.214. The number of rotatable bonds is 6. The standard InChI is InChI=1S/C28H27N5O3/c1-3-19-7-14-25(30-18-19)32-28(35)23-17-22(36-2)12-13-24(23)31-27(34)21-10-8-20(9-11-21)26(29)33-15-5-4-6-16-33/h1,7-14,17-18,29H,4-6,15-16H2,2H3,(H,31,34)(H,30,32,35). The van der Waals surface area contributed by atoms with Crippen molar-refractivity contribution in [3.63, 3.8) is 0 Å². The van der Waals surface area contributed by atoms with Crippen molar-refractivity contribution in [1.82, 2.24) is 9.88 Å². The van der Waals surface area contributed by atoms with Crippen LogP contribution in [0, 0.1) is 17.8 Å². The van der Waals surface area contributed by atoms with Crippen molar-refractivity contribution in [2.45, 2.75) is 19.3 Å². The Morgan fingerprint density at radius 1 is 0.972 bits per heavy atom. The number of carbonyl (C=O) groups excluding carboxylic acids is 2. The first kappa shape index (κ1) is 24.5. The largest absolute Gasteiger partial charge is 0.497 e. The molecule has 1 aliphatic rings. The van der Waals surface area contributed by atoms with E-state index >= 15 is 0 Å². The maximum atomic E-state index is 13.0. The maximum Gasteiger partial charge on any atom is 0.259 e. The molecule has 8 heteroatoms.